The monoisotopic (exact) mass is 307 g/mol. The van der Waals surface area contributed by atoms with Gasteiger partial charge < -0.3 is 9.73 Å². The van der Waals surface area contributed by atoms with Crippen LogP contribution in [0.1, 0.15) is 27.8 Å². The number of hydrogen-bond donors (Lipinski definition) is 1. The Morgan fingerprint density at radius 3 is 2.48 bits per heavy atom. The lowest BCUT2D eigenvalue weighted by Gasteiger charge is -2.09. The Hall–Kier alpha value is -2.55. The van der Waals surface area contributed by atoms with Crippen LogP contribution >= 0.6 is 0 Å². The van der Waals surface area contributed by atoms with Gasteiger partial charge in [0.1, 0.15) is 5.58 Å². The number of nitrogens with one attached hydrogen (secondary N) is 1. The van der Waals surface area contributed by atoms with Crippen molar-refractivity contribution >= 4 is 22.6 Å². The Morgan fingerprint density at radius 1 is 1.00 bits per heavy atom. The van der Waals surface area contributed by atoms with Gasteiger partial charge in [0, 0.05) is 16.6 Å². The smallest absolute Gasteiger partial charge is 0.228 e. The van der Waals surface area contributed by atoms with E-state index in [0.717, 1.165) is 38.9 Å². The van der Waals surface area contributed by atoms with Gasteiger partial charge in [0.05, 0.1) is 12.7 Å². The Balaban J connectivity index is 1.83. The normalized spacial score (nSPS) is 11.0. The summed E-state index contributed by atoms with van der Waals surface area (Å²) in [5.41, 5.74) is 7.20. The van der Waals surface area contributed by atoms with Crippen molar-refractivity contribution in [3.8, 4) is 0 Å². The van der Waals surface area contributed by atoms with E-state index in [4.69, 9.17) is 4.42 Å². The first-order chi connectivity index (χ1) is 10.9. The van der Waals surface area contributed by atoms with Gasteiger partial charge in [-0.15, -0.1) is 0 Å². The number of fused-ring (bicyclic) bond motifs is 1. The summed E-state index contributed by atoms with van der Waals surface area (Å²) in [6.45, 7) is 8.14. The topological polar surface area (TPSA) is 42.2 Å². The van der Waals surface area contributed by atoms with Crippen LogP contribution in [0.15, 0.2) is 41.0 Å². The second-order valence-corrected chi connectivity index (χ2v) is 6.26. The molecule has 0 aliphatic heterocycles. The second-order valence-electron chi connectivity index (χ2n) is 6.26. The summed E-state index contributed by atoms with van der Waals surface area (Å²) in [6, 6.07) is 10.1. The third-order valence-corrected chi connectivity index (χ3v) is 4.10. The number of carbonyl (C=O) groups is 1. The van der Waals surface area contributed by atoms with E-state index in [9.17, 15) is 4.79 Å². The summed E-state index contributed by atoms with van der Waals surface area (Å²) in [4.78, 5) is 12.4. The number of hydrogen-bond acceptors (Lipinski definition) is 2. The quantitative estimate of drug-likeness (QED) is 0.751. The summed E-state index contributed by atoms with van der Waals surface area (Å²) in [7, 11) is 0. The molecule has 1 heterocycles. The zero-order chi connectivity index (χ0) is 16.6. The number of furan rings is 1. The average Bonchev–Trinajstić information content (AvgIpc) is 2.85. The lowest BCUT2D eigenvalue weighted by molar-refractivity contribution is -0.115. The number of anilines is 1. The van der Waals surface area contributed by atoms with E-state index in [1.54, 1.807) is 6.26 Å². The standard InChI is InChI=1S/C20H21NO2/c1-12-5-6-17(14(3)7-12)21-19(22)10-16-11-23-18-9-13(2)8-15(4)20(16)18/h5-9,11H,10H2,1-4H3,(H,21,22). The first-order valence-corrected chi connectivity index (χ1v) is 7.78. The highest BCUT2D eigenvalue weighted by Gasteiger charge is 2.13. The maximum absolute atomic E-state index is 12.4. The summed E-state index contributed by atoms with van der Waals surface area (Å²) < 4.78 is 5.62. The zero-order valence-corrected chi connectivity index (χ0v) is 14.0. The van der Waals surface area contributed by atoms with Crippen LogP contribution in [0.2, 0.25) is 0 Å². The summed E-state index contributed by atoms with van der Waals surface area (Å²) in [6.07, 6.45) is 2.00. The van der Waals surface area contributed by atoms with Crippen molar-refractivity contribution in [2.45, 2.75) is 34.1 Å². The van der Waals surface area contributed by atoms with Gasteiger partial charge in [-0.2, -0.15) is 0 Å². The molecule has 0 bridgehead atoms. The van der Waals surface area contributed by atoms with Gasteiger partial charge in [0.15, 0.2) is 0 Å². The van der Waals surface area contributed by atoms with Gasteiger partial charge in [-0.05, 0) is 56.5 Å². The first-order valence-electron chi connectivity index (χ1n) is 7.78. The predicted molar refractivity (Wildman–Crippen MR) is 93.9 cm³/mol. The molecule has 23 heavy (non-hydrogen) atoms. The molecule has 0 unspecified atom stereocenters. The van der Waals surface area contributed by atoms with Gasteiger partial charge in [0.2, 0.25) is 5.91 Å². The van der Waals surface area contributed by atoms with E-state index >= 15 is 0 Å². The fourth-order valence-corrected chi connectivity index (χ4v) is 3.08. The highest BCUT2D eigenvalue weighted by atomic mass is 16.3. The van der Waals surface area contributed by atoms with E-state index in [2.05, 4.69) is 24.4 Å². The summed E-state index contributed by atoms with van der Waals surface area (Å²) >= 11 is 0. The Bertz CT molecular complexity index is 890. The predicted octanol–water partition coefficient (Wildman–Crippen LogP) is 4.85. The van der Waals surface area contributed by atoms with Crippen LogP contribution in [0.4, 0.5) is 5.69 Å². The van der Waals surface area contributed by atoms with Crippen molar-refractivity contribution < 1.29 is 9.21 Å². The largest absolute Gasteiger partial charge is 0.464 e. The summed E-state index contributed by atoms with van der Waals surface area (Å²) in [5.74, 6) is -0.0281. The molecule has 0 spiro atoms. The minimum atomic E-state index is -0.0281. The molecule has 1 aromatic heterocycles. The highest BCUT2D eigenvalue weighted by Crippen LogP contribution is 2.27. The maximum Gasteiger partial charge on any atom is 0.228 e. The molecule has 118 valence electrons. The van der Waals surface area contributed by atoms with Crippen LogP contribution in [0.5, 0.6) is 0 Å². The van der Waals surface area contributed by atoms with E-state index in [-0.39, 0.29) is 5.91 Å². The third-order valence-electron chi connectivity index (χ3n) is 4.10. The molecule has 0 fully saturated rings. The molecule has 3 heteroatoms. The number of aryl methyl sites for hydroxylation is 4. The lowest BCUT2D eigenvalue weighted by atomic mass is 10.0. The molecule has 3 rings (SSSR count). The maximum atomic E-state index is 12.4. The van der Waals surface area contributed by atoms with Crippen molar-refractivity contribution in [1.29, 1.82) is 0 Å². The molecular formula is C20H21NO2. The van der Waals surface area contributed by atoms with Crippen LogP contribution < -0.4 is 5.32 Å². The average molecular weight is 307 g/mol. The molecule has 3 aromatic rings. The van der Waals surface area contributed by atoms with Crippen LogP contribution in [0, 0.1) is 27.7 Å². The van der Waals surface area contributed by atoms with Crippen LogP contribution in [-0.4, -0.2) is 5.91 Å². The Labute approximate surface area is 136 Å². The molecule has 0 radical (unpaired) electrons. The van der Waals surface area contributed by atoms with E-state index in [1.807, 2.05) is 39.0 Å². The van der Waals surface area contributed by atoms with E-state index in [1.165, 1.54) is 5.56 Å². The van der Waals surface area contributed by atoms with Crippen molar-refractivity contribution in [2.75, 3.05) is 5.32 Å². The van der Waals surface area contributed by atoms with Gasteiger partial charge in [-0.1, -0.05) is 23.8 Å². The fraction of sp³-hybridized carbons (Fsp3) is 0.250. The van der Waals surface area contributed by atoms with Crippen molar-refractivity contribution in [3.63, 3.8) is 0 Å². The number of amides is 1. The van der Waals surface area contributed by atoms with Gasteiger partial charge in [0.25, 0.3) is 0 Å². The molecule has 0 atom stereocenters. The Morgan fingerprint density at radius 2 is 1.74 bits per heavy atom. The van der Waals surface area contributed by atoms with Gasteiger partial charge >= 0.3 is 0 Å². The molecule has 3 nitrogen and oxygen atoms in total. The zero-order valence-electron chi connectivity index (χ0n) is 14.0. The fourth-order valence-electron chi connectivity index (χ4n) is 3.08. The minimum absolute atomic E-state index is 0.0281. The van der Waals surface area contributed by atoms with E-state index < -0.39 is 0 Å². The number of benzene rings is 2. The summed E-state index contributed by atoms with van der Waals surface area (Å²) in [5, 5.41) is 4.04. The highest BCUT2D eigenvalue weighted by molar-refractivity contribution is 5.96. The van der Waals surface area contributed by atoms with Crippen LogP contribution in [-0.2, 0) is 11.2 Å². The first kappa shape index (κ1) is 15.3. The molecule has 0 aliphatic carbocycles. The SMILES string of the molecule is Cc1ccc(NC(=O)Cc2coc3cc(C)cc(C)c23)c(C)c1. The van der Waals surface area contributed by atoms with Crippen molar-refractivity contribution in [2.24, 2.45) is 0 Å². The third kappa shape index (κ3) is 3.14. The lowest BCUT2D eigenvalue weighted by Crippen LogP contribution is -2.15. The second kappa shape index (κ2) is 5.92. The molecule has 2 aromatic carbocycles. The molecule has 1 amide bonds. The molecular weight excluding hydrogens is 286 g/mol. The number of rotatable bonds is 3. The van der Waals surface area contributed by atoms with E-state index in [0.29, 0.717) is 6.42 Å². The van der Waals surface area contributed by atoms with Crippen molar-refractivity contribution in [1.82, 2.24) is 0 Å². The molecule has 0 saturated heterocycles. The minimum Gasteiger partial charge on any atom is -0.464 e. The number of carbonyl (C=O) groups excluding carboxylic acids is 1. The van der Waals surface area contributed by atoms with Crippen LogP contribution in [0.25, 0.3) is 11.0 Å². The Kier molecular flexibility index (Phi) is 3.95. The van der Waals surface area contributed by atoms with Crippen LogP contribution in [0.3, 0.4) is 0 Å². The van der Waals surface area contributed by atoms with Gasteiger partial charge in [-0.25, -0.2) is 0 Å². The molecule has 0 saturated carbocycles. The van der Waals surface area contributed by atoms with Gasteiger partial charge in [-0.3, -0.25) is 4.79 Å². The molecule has 0 aliphatic rings. The van der Waals surface area contributed by atoms with Crippen molar-refractivity contribution in [3.05, 3.63) is 64.4 Å². The molecule has 1 N–H and O–H groups in total.